The average Bonchev–Trinajstić information content (AvgIpc) is 3.10. The van der Waals surface area contributed by atoms with Crippen molar-refractivity contribution in [2.45, 2.75) is 18.9 Å². The van der Waals surface area contributed by atoms with Crippen LogP contribution in [-0.2, 0) is 0 Å². The zero-order chi connectivity index (χ0) is 14.8. The van der Waals surface area contributed by atoms with Crippen LogP contribution in [0, 0.1) is 5.92 Å². The van der Waals surface area contributed by atoms with Gasteiger partial charge in [-0.15, -0.1) is 5.10 Å². The number of rotatable bonds is 3. The van der Waals surface area contributed by atoms with Crippen molar-refractivity contribution in [3.63, 3.8) is 0 Å². The molecule has 0 radical (unpaired) electrons. The van der Waals surface area contributed by atoms with Crippen LogP contribution >= 0.6 is 0 Å². The maximum atomic E-state index is 4.18. The minimum absolute atomic E-state index is 0.187. The highest BCUT2D eigenvalue weighted by molar-refractivity contribution is 5.83. The normalized spacial score (nSPS) is 20.1. The molecule has 2 atom stereocenters. The van der Waals surface area contributed by atoms with Crippen LogP contribution in [0.2, 0.25) is 0 Å². The molecule has 1 aromatic heterocycles. The molecule has 5 nitrogen and oxygen atoms in total. The number of piperidine rings is 1. The molecule has 0 amide bonds. The van der Waals surface area contributed by atoms with Gasteiger partial charge in [-0.05, 0) is 58.1 Å². The summed E-state index contributed by atoms with van der Waals surface area (Å²) in [5, 5.41) is 17.9. The molecule has 5 heteroatoms. The third-order valence-electron chi connectivity index (χ3n) is 4.55. The van der Waals surface area contributed by atoms with Gasteiger partial charge in [0.15, 0.2) is 0 Å². The predicted molar refractivity (Wildman–Crippen MR) is 85.5 cm³/mol. The van der Waals surface area contributed by atoms with Gasteiger partial charge in [-0.25, -0.2) is 4.68 Å². The Morgan fingerprint density at radius 1 is 1.14 bits per heavy atom. The number of tetrazole rings is 1. The van der Waals surface area contributed by atoms with Gasteiger partial charge in [0, 0.05) is 6.54 Å². The number of hydrogen-bond donors (Lipinski definition) is 1. The van der Waals surface area contributed by atoms with E-state index in [0.29, 0.717) is 5.92 Å². The fraction of sp³-hybridized carbons (Fsp3) is 0.353. The molecule has 0 spiro atoms. The molecule has 1 saturated heterocycles. The summed E-state index contributed by atoms with van der Waals surface area (Å²) < 4.78 is 1.90. The van der Waals surface area contributed by atoms with Gasteiger partial charge in [0.1, 0.15) is 6.33 Å². The van der Waals surface area contributed by atoms with Gasteiger partial charge in [-0.2, -0.15) is 0 Å². The number of nitrogens with one attached hydrogen (secondary N) is 1. The molecule has 1 fully saturated rings. The van der Waals surface area contributed by atoms with Crippen LogP contribution in [0.5, 0.6) is 0 Å². The number of aromatic nitrogens is 4. The van der Waals surface area contributed by atoms with Gasteiger partial charge >= 0.3 is 0 Å². The summed E-state index contributed by atoms with van der Waals surface area (Å²) in [4.78, 5) is 0. The Kier molecular flexibility index (Phi) is 3.56. The average molecular weight is 293 g/mol. The molecule has 2 heterocycles. The second-order valence-electron chi connectivity index (χ2n) is 5.95. The lowest BCUT2D eigenvalue weighted by Crippen LogP contribution is -2.36. The fourth-order valence-electron chi connectivity index (χ4n) is 3.48. The molecule has 3 aromatic rings. The summed E-state index contributed by atoms with van der Waals surface area (Å²) in [6, 6.07) is 15.3. The first-order valence-corrected chi connectivity index (χ1v) is 7.84. The van der Waals surface area contributed by atoms with E-state index in [-0.39, 0.29) is 6.04 Å². The number of benzene rings is 2. The first-order valence-electron chi connectivity index (χ1n) is 7.84. The molecule has 1 aliphatic heterocycles. The van der Waals surface area contributed by atoms with E-state index in [1.54, 1.807) is 6.33 Å². The molecule has 1 aliphatic rings. The van der Waals surface area contributed by atoms with Crippen molar-refractivity contribution in [3.05, 3.63) is 54.4 Å². The van der Waals surface area contributed by atoms with E-state index in [2.05, 4.69) is 63.3 Å². The van der Waals surface area contributed by atoms with Crippen molar-refractivity contribution in [1.82, 2.24) is 25.5 Å². The Balaban J connectivity index is 1.78. The molecular weight excluding hydrogens is 274 g/mol. The highest BCUT2D eigenvalue weighted by atomic mass is 15.5. The van der Waals surface area contributed by atoms with Crippen molar-refractivity contribution in [3.8, 4) is 0 Å². The lowest BCUT2D eigenvalue weighted by Gasteiger charge is -2.30. The second kappa shape index (κ2) is 5.85. The molecule has 1 unspecified atom stereocenters. The van der Waals surface area contributed by atoms with E-state index in [0.717, 1.165) is 13.1 Å². The van der Waals surface area contributed by atoms with Crippen LogP contribution in [0.25, 0.3) is 10.8 Å². The standard InChI is InChI=1S/C17H19N5/c1-2-5-14-10-15(8-7-13(14)4-1)17(22-12-19-20-21-22)16-6-3-9-18-11-16/h1-2,4-5,7-8,10,12,16-18H,3,6,9,11H2/t16?,17-/m1/s1. The van der Waals surface area contributed by atoms with E-state index in [4.69, 9.17) is 0 Å². The largest absolute Gasteiger partial charge is 0.316 e. The quantitative estimate of drug-likeness (QED) is 0.806. The van der Waals surface area contributed by atoms with Gasteiger partial charge in [-0.3, -0.25) is 0 Å². The smallest absolute Gasteiger partial charge is 0.138 e. The Morgan fingerprint density at radius 2 is 2.05 bits per heavy atom. The highest BCUT2D eigenvalue weighted by Gasteiger charge is 2.27. The zero-order valence-electron chi connectivity index (χ0n) is 12.4. The Labute approximate surface area is 129 Å². The maximum absolute atomic E-state index is 4.18. The molecule has 1 N–H and O–H groups in total. The van der Waals surface area contributed by atoms with Gasteiger partial charge in [0.2, 0.25) is 0 Å². The lowest BCUT2D eigenvalue weighted by molar-refractivity contribution is 0.279. The lowest BCUT2D eigenvalue weighted by atomic mass is 9.86. The highest BCUT2D eigenvalue weighted by Crippen LogP contribution is 2.32. The molecule has 0 saturated carbocycles. The van der Waals surface area contributed by atoms with Crippen LogP contribution in [0.4, 0.5) is 0 Å². The molecule has 2 aromatic carbocycles. The third kappa shape index (κ3) is 2.48. The van der Waals surface area contributed by atoms with Gasteiger partial charge < -0.3 is 5.32 Å². The predicted octanol–water partition coefficient (Wildman–Crippen LogP) is 2.42. The number of fused-ring (bicyclic) bond motifs is 1. The minimum Gasteiger partial charge on any atom is -0.316 e. The summed E-state index contributed by atoms with van der Waals surface area (Å²) in [5.74, 6) is 0.512. The molecule has 4 rings (SSSR count). The van der Waals surface area contributed by atoms with E-state index in [9.17, 15) is 0 Å². The molecule has 0 aliphatic carbocycles. The summed E-state index contributed by atoms with van der Waals surface area (Å²) >= 11 is 0. The minimum atomic E-state index is 0.187. The van der Waals surface area contributed by atoms with Crippen LogP contribution < -0.4 is 5.32 Å². The molecule has 112 valence electrons. The Hall–Kier alpha value is -2.27. The van der Waals surface area contributed by atoms with Crippen LogP contribution in [-0.4, -0.2) is 33.3 Å². The molecule has 22 heavy (non-hydrogen) atoms. The molecule has 0 bridgehead atoms. The van der Waals surface area contributed by atoms with Crippen molar-refractivity contribution in [1.29, 1.82) is 0 Å². The first kappa shape index (κ1) is 13.4. The number of hydrogen-bond acceptors (Lipinski definition) is 4. The first-order chi connectivity index (χ1) is 10.9. The van der Waals surface area contributed by atoms with E-state index < -0.39 is 0 Å². The van der Waals surface area contributed by atoms with Gasteiger partial charge in [-0.1, -0.05) is 36.4 Å². The molecular formula is C17H19N5. The van der Waals surface area contributed by atoms with E-state index >= 15 is 0 Å². The van der Waals surface area contributed by atoms with Crippen molar-refractivity contribution >= 4 is 10.8 Å². The third-order valence-corrected chi connectivity index (χ3v) is 4.55. The second-order valence-corrected chi connectivity index (χ2v) is 5.95. The van der Waals surface area contributed by atoms with Crippen molar-refractivity contribution in [2.24, 2.45) is 5.92 Å². The van der Waals surface area contributed by atoms with Crippen LogP contribution in [0.1, 0.15) is 24.4 Å². The van der Waals surface area contributed by atoms with Crippen LogP contribution in [0.15, 0.2) is 48.8 Å². The summed E-state index contributed by atoms with van der Waals surface area (Å²) in [5.41, 5.74) is 1.28. The summed E-state index contributed by atoms with van der Waals surface area (Å²) in [6.07, 6.45) is 4.13. The Morgan fingerprint density at radius 3 is 2.82 bits per heavy atom. The van der Waals surface area contributed by atoms with Crippen molar-refractivity contribution < 1.29 is 0 Å². The van der Waals surface area contributed by atoms with E-state index in [1.807, 2.05) is 4.68 Å². The topological polar surface area (TPSA) is 55.6 Å². The summed E-state index contributed by atoms with van der Waals surface area (Å²) in [6.45, 7) is 2.12. The zero-order valence-corrected chi connectivity index (χ0v) is 12.4. The SMILES string of the molecule is c1ccc2cc([C@H](C3CCCNC3)n3cnnn3)ccc2c1. The Bertz CT molecular complexity index is 747. The summed E-state index contributed by atoms with van der Waals surface area (Å²) in [7, 11) is 0. The maximum Gasteiger partial charge on any atom is 0.138 e. The monoisotopic (exact) mass is 293 g/mol. The van der Waals surface area contributed by atoms with Crippen LogP contribution in [0.3, 0.4) is 0 Å². The number of nitrogens with zero attached hydrogens (tertiary/aromatic N) is 4. The van der Waals surface area contributed by atoms with Gasteiger partial charge in [0.25, 0.3) is 0 Å². The van der Waals surface area contributed by atoms with Crippen molar-refractivity contribution in [2.75, 3.05) is 13.1 Å². The fourth-order valence-corrected chi connectivity index (χ4v) is 3.48. The van der Waals surface area contributed by atoms with E-state index in [1.165, 1.54) is 29.2 Å². The van der Waals surface area contributed by atoms with Gasteiger partial charge in [0.05, 0.1) is 6.04 Å².